The summed E-state index contributed by atoms with van der Waals surface area (Å²) in [5.74, 6) is 0. The maximum atomic E-state index is 8.34. The maximum Gasteiger partial charge on any atom is 0 e. The van der Waals surface area contributed by atoms with Gasteiger partial charge >= 0.3 is 46.4 Å². The molecule has 0 aliphatic carbocycles. The van der Waals surface area contributed by atoms with Crippen molar-refractivity contribution in [1.29, 1.82) is 0 Å². The van der Waals surface area contributed by atoms with Crippen LogP contribution in [0, 0.1) is 0 Å². The summed E-state index contributed by atoms with van der Waals surface area (Å²) in [5, 5.41) is 0. The first-order valence-electron chi connectivity index (χ1n) is 0.204. The minimum atomic E-state index is 0. The van der Waals surface area contributed by atoms with E-state index in [1.165, 1.54) is 0 Å². The van der Waals surface area contributed by atoms with Gasteiger partial charge in [0.1, 0.15) is 0 Å². The third kappa shape index (κ3) is 9.00. The third-order valence-corrected chi connectivity index (χ3v) is 0. The van der Waals surface area contributed by atoms with E-state index in [1.807, 2.05) is 0 Å². The minimum absolute atomic E-state index is 0. The fourth-order valence-corrected chi connectivity index (χ4v) is 0. The summed E-state index contributed by atoms with van der Waals surface area (Å²) in [4.78, 5) is 0. The van der Waals surface area contributed by atoms with Gasteiger partial charge in [-0.1, -0.05) is 0 Å². The van der Waals surface area contributed by atoms with Gasteiger partial charge in [-0.05, 0) is 0 Å². The molecule has 0 N–H and O–H groups in total. The smallest absolute Gasteiger partial charge is 0 e. The number of hydrogen-bond acceptors (Lipinski definition) is 1. The first-order chi connectivity index (χ1) is 1.00. The summed E-state index contributed by atoms with van der Waals surface area (Å²) < 4.78 is 8.34. The Labute approximate surface area is 68.7 Å². The largest absolute Gasteiger partial charge is 0 e. The molecular formula is HLiOTiZr. The van der Waals surface area contributed by atoms with Gasteiger partial charge in [0.25, 0.3) is 0 Å². The van der Waals surface area contributed by atoms with Crippen LogP contribution in [-0.4, -0.2) is 0 Å². The van der Waals surface area contributed by atoms with Crippen molar-refractivity contribution in [3.63, 3.8) is 0 Å². The van der Waals surface area contributed by atoms with Gasteiger partial charge in [0.15, 0.2) is 0 Å². The predicted octanol–water partition coefficient (Wildman–Crippen LogP) is -3.01. The Hall–Kier alpha value is 1.99. The van der Waals surface area contributed by atoms with Gasteiger partial charge < -0.3 is 1.43 Å². The van der Waals surface area contributed by atoms with Crippen LogP contribution in [0.15, 0.2) is 0 Å². The van der Waals surface area contributed by atoms with E-state index < -0.39 is 0 Å². The molecule has 0 saturated heterocycles. The van der Waals surface area contributed by atoms with E-state index >= 15 is 0 Å². The van der Waals surface area contributed by atoms with Crippen molar-refractivity contribution in [2.75, 3.05) is 0 Å². The van der Waals surface area contributed by atoms with Gasteiger partial charge in [-0.3, -0.25) is 0 Å². The predicted molar refractivity (Wildman–Crippen MR) is 1.80 cm³/mol. The van der Waals surface area contributed by atoms with Crippen LogP contribution in [0.4, 0.5) is 0 Å². The van der Waals surface area contributed by atoms with Crippen LogP contribution < -0.4 is 18.9 Å². The van der Waals surface area contributed by atoms with Crippen LogP contribution in [0.1, 0.15) is 1.43 Å². The summed E-state index contributed by atoms with van der Waals surface area (Å²) in [6.45, 7) is 0. The van der Waals surface area contributed by atoms with Crippen LogP contribution in [0.3, 0.4) is 0 Å². The van der Waals surface area contributed by atoms with Crippen LogP contribution >= 0.6 is 0 Å². The second kappa shape index (κ2) is 20.0. The van der Waals surface area contributed by atoms with Crippen LogP contribution in [0.2, 0.25) is 0 Å². The molecule has 0 bridgehead atoms. The first-order valence-corrected chi connectivity index (χ1v) is 1.21. The fraction of sp³-hybridized carbons (Fsp3) is 0. The van der Waals surface area contributed by atoms with Crippen molar-refractivity contribution in [1.82, 2.24) is 0 Å². The van der Waals surface area contributed by atoms with E-state index in [4.69, 9.17) is 2.81 Å². The standard InChI is InChI=1S/Li.O.Ti.Zr.H/q+1;;;;-1. The Morgan fingerprint density at radius 3 is 1.50 bits per heavy atom. The second-order valence-electron chi connectivity index (χ2n) is 0. The first kappa shape index (κ1) is 16.7. The molecule has 0 saturated carbocycles. The molecule has 16 valence electrons. The summed E-state index contributed by atoms with van der Waals surface area (Å²) in [6.07, 6.45) is 0. The molecule has 0 aromatic carbocycles. The van der Waals surface area contributed by atoms with Gasteiger partial charge in [0, 0.05) is 21.7 Å². The molecule has 0 atom stereocenters. The van der Waals surface area contributed by atoms with Crippen molar-refractivity contribution in [2.24, 2.45) is 0 Å². The minimum Gasteiger partial charge on any atom is 0 e. The molecule has 4 heteroatoms. The van der Waals surface area contributed by atoms with E-state index in [0.717, 1.165) is 0 Å². The Balaban J connectivity index is -0.00000000167. The molecule has 0 radical (unpaired) electrons. The molecule has 1 nitrogen and oxygen atoms in total. The molecule has 0 fully saturated rings. The van der Waals surface area contributed by atoms with E-state index in [2.05, 4.69) is 0 Å². The molecule has 0 aromatic heterocycles. The molecule has 0 spiro atoms. The summed E-state index contributed by atoms with van der Waals surface area (Å²) in [5.41, 5.74) is 0. The molecule has 0 rings (SSSR count). The zero-order valence-electron chi connectivity index (χ0n) is 3.41. The van der Waals surface area contributed by atoms with Crippen molar-refractivity contribution in [2.45, 2.75) is 0 Å². The van der Waals surface area contributed by atoms with Crippen molar-refractivity contribution >= 4 is 0 Å². The van der Waals surface area contributed by atoms with Crippen molar-refractivity contribution in [3.05, 3.63) is 0 Å². The molecule has 0 aliphatic heterocycles. The van der Waals surface area contributed by atoms with Gasteiger partial charge in [-0.2, -0.15) is 0 Å². The monoisotopic (exact) mass is 162 g/mol. The van der Waals surface area contributed by atoms with E-state index in [-0.39, 0.29) is 42.0 Å². The molecule has 0 heterocycles. The molecule has 4 heavy (non-hydrogen) atoms. The average Bonchev–Trinajstić information content (AvgIpc) is 1.00. The molecule has 0 aromatic rings. The zero-order chi connectivity index (χ0) is 2.00. The van der Waals surface area contributed by atoms with Crippen LogP contribution in [-0.2, 0) is 49.3 Å². The number of rotatable bonds is 0. The van der Waals surface area contributed by atoms with Crippen molar-refractivity contribution < 1.29 is 69.5 Å². The Kier molecular flexibility index (Phi) is 83.5. The Morgan fingerprint density at radius 2 is 1.50 bits per heavy atom. The summed E-state index contributed by atoms with van der Waals surface area (Å²) >= 11 is 0.300. The van der Waals surface area contributed by atoms with E-state index in [1.54, 1.807) is 0 Å². The van der Waals surface area contributed by atoms with Crippen LogP contribution in [0.5, 0.6) is 0 Å². The third-order valence-electron chi connectivity index (χ3n) is 0. The normalized spacial score (nSPS) is 0.750. The maximum absolute atomic E-state index is 8.34. The Bertz CT molecular complexity index is 11.6. The van der Waals surface area contributed by atoms with Gasteiger partial charge in [-0.15, -0.1) is 0 Å². The van der Waals surface area contributed by atoms with Gasteiger partial charge in [-0.25, -0.2) is 0 Å². The van der Waals surface area contributed by atoms with Gasteiger partial charge in [0.05, 0.1) is 0 Å². The van der Waals surface area contributed by atoms with E-state index in [0.29, 0.717) is 24.7 Å². The summed E-state index contributed by atoms with van der Waals surface area (Å²) in [7, 11) is 0. The second-order valence-corrected chi connectivity index (χ2v) is 0. The van der Waals surface area contributed by atoms with Crippen molar-refractivity contribution in [3.8, 4) is 0 Å². The zero-order valence-corrected chi connectivity index (χ0v) is 6.43. The molecule has 0 unspecified atom stereocenters. The molecule has 0 aliphatic rings. The SMILES string of the molecule is [H-].[Li+].[O]=[Zr].[Ti]. The van der Waals surface area contributed by atoms with Gasteiger partial charge in [0.2, 0.25) is 0 Å². The van der Waals surface area contributed by atoms with E-state index in [9.17, 15) is 0 Å². The molecule has 0 amide bonds. The molecular weight excluding hydrogens is 162 g/mol. The quantitative estimate of drug-likeness (QED) is 0.348. The topological polar surface area (TPSA) is 17.1 Å². The Morgan fingerprint density at radius 1 is 1.50 bits per heavy atom. The fourth-order valence-electron chi connectivity index (χ4n) is 0. The average molecular weight is 163 g/mol. The summed E-state index contributed by atoms with van der Waals surface area (Å²) in [6, 6.07) is 0. The number of hydrogen-bond donors (Lipinski definition) is 0. The van der Waals surface area contributed by atoms with Crippen LogP contribution in [0.25, 0.3) is 0 Å².